The third-order valence-corrected chi connectivity index (χ3v) is 8.47. The van der Waals surface area contributed by atoms with E-state index in [4.69, 9.17) is 9.05 Å². The molecule has 2 aromatic rings. The van der Waals surface area contributed by atoms with Crippen molar-refractivity contribution in [1.82, 2.24) is 0 Å². The molecule has 2 amide bonds. The monoisotopic (exact) mass is 458 g/mol. The molecule has 0 saturated carbocycles. The molecule has 2 aliphatic rings. The van der Waals surface area contributed by atoms with Gasteiger partial charge in [0.05, 0.1) is 30.7 Å². The van der Waals surface area contributed by atoms with Gasteiger partial charge in [0.1, 0.15) is 5.82 Å². The summed E-state index contributed by atoms with van der Waals surface area (Å²) >= 11 is 0. The molecule has 0 bridgehead atoms. The summed E-state index contributed by atoms with van der Waals surface area (Å²) in [6, 6.07) is 14.2. The topological polar surface area (TPSA) is 85.3 Å². The molecule has 2 aliphatic heterocycles. The largest absolute Gasteiger partial charge is 0.359 e. The second-order valence-electron chi connectivity index (χ2n) is 7.64. The predicted molar refractivity (Wildman–Crippen MR) is 118 cm³/mol. The average Bonchev–Trinajstić information content (AvgIpc) is 3.28. The summed E-state index contributed by atoms with van der Waals surface area (Å²) in [6.45, 7) is 3.48. The van der Waals surface area contributed by atoms with Gasteiger partial charge in [0.2, 0.25) is 11.8 Å². The van der Waals surface area contributed by atoms with E-state index in [0.29, 0.717) is 11.3 Å². The van der Waals surface area contributed by atoms with Crippen LogP contribution >= 0.6 is 7.60 Å². The van der Waals surface area contributed by atoms with Gasteiger partial charge in [0.25, 0.3) is 0 Å². The number of rotatable bonds is 8. The second-order valence-corrected chi connectivity index (χ2v) is 9.93. The van der Waals surface area contributed by atoms with E-state index in [2.05, 4.69) is 4.99 Å². The molecule has 0 spiro atoms. The smallest absolute Gasteiger partial charge is 0.307 e. The Morgan fingerprint density at radius 2 is 1.62 bits per heavy atom. The van der Waals surface area contributed by atoms with Crippen LogP contribution < -0.4 is 4.90 Å². The standard InChI is InChI=1S/C23H24FN2O5P/c1-3-30-32(29,31-4-2)23(14-16-10-12-17(24)13-11-16)20-19(15-25-23)21(27)26(22(20)28)18-8-6-5-7-9-18/h5-13,15,19-20H,3-4,14H2,1-2H3. The lowest BCUT2D eigenvalue weighted by atomic mass is 9.88. The minimum absolute atomic E-state index is 0.0100. The number of para-hydroxylation sites is 1. The summed E-state index contributed by atoms with van der Waals surface area (Å²) in [5, 5.41) is -1.64. The van der Waals surface area contributed by atoms with Crippen LogP contribution in [0.5, 0.6) is 0 Å². The number of hydrogen-bond donors (Lipinski definition) is 0. The van der Waals surface area contributed by atoms with E-state index in [1.165, 1.54) is 18.3 Å². The number of halogens is 1. The van der Waals surface area contributed by atoms with Crippen LogP contribution in [0.25, 0.3) is 0 Å². The van der Waals surface area contributed by atoms with Crippen molar-refractivity contribution in [3.8, 4) is 0 Å². The van der Waals surface area contributed by atoms with E-state index in [0.717, 1.165) is 4.90 Å². The minimum atomic E-state index is -4.02. The average molecular weight is 458 g/mol. The van der Waals surface area contributed by atoms with E-state index < -0.39 is 42.3 Å². The Morgan fingerprint density at radius 1 is 1.00 bits per heavy atom. The first-order chi connectivity index (χ1) is 15.4. The SMILES string of the molecule is CCOP(=O)(OCC)C1(Cc2ccc(F)cc2)N=CC2C(=O)N(c3ccccc3)C(=O)C21. The van der Waals surface area contributed by atoms with Gasteiger partial charge < -0.3 is 9.05 Å². The zero-order valence-electron chi connectivity index (χ0n) is 17.8. The van der Waals surface area contributed by atoms with E-state index in [1.54, 1.807) is 56.3 Å². The minimum Gasteiger partial charge on any atom is -0.307 e. The molecule has 4 rings (SSSR count). The van der Waals surface area contributed by atoms with E-state index in [-0.39, 0.29) is 19.6 Å². The molecule has 32 heavy (non-hydrogen) atoms. The van der Waals surface area contributed by atoms with Gasteiger partial charge in [-0.25, -0.2) is 9.29 Å². The maximum absolute atomic E-state index is 14.1. The Kier molecular flexibility index (Phi) is 6.12. The highest BCUT2D eigenvalue weighted by molar-refractivity contribution is 7.55. The molecule has 2 heterocycles. The van der Waals surface area contributed by atoms with Gasteiger partial charge in [-0.3, -0.25) is 19.1 Å². The van der Waals surface area contributed by atoms with Crippen LogP contribution in [0, 0.1) is 17.7 Å². The zero-order chi connectivity index (χ0) is 22.9. The number of carbonyl (C=O) groups excluding carboxylic acids is 2. The van der Waals surface area contributed by atoms with Crippen molar-refractivity contribution in [2.45, 2.75) is 25.5 Å². The van der Waals surface area contributed by atoms with Crippen molar-refractivity contribution in [2.24, 2.45) is 16.8 Å². The fourth-order valence-electron chi connectivity index (χ4n) is 4.45. The van der Waals surface area contributed by atoms with E-state index in [9.17, 15) is 18.5 Å². The number of fused-ring (bicyclic) bond motifs is 1. The molecule has 1 saturated heterocycles. The highest BCUT2D eigenvalue weighted by Gasteiger charge is 2.68. The van der Waals surface area contributed by atoms with Crippen LogP contribution in [0.2, 0.25) is 0 Å². The number of aliphatic imine (C=N–C) groups is 1. The molecular weight excluding hydrogens is 434 g/mol. The van der Waals surface area contributed by atoms with Crippen molar-refractivity contribution in [1.29, 1.82) is 0 Å². The van der Waals surface area contributed by atoms with Gasteiger partial charge in [-0.2, -0.15) is 0 Å². The molecule has 1 fully saturated rings. The quantitative estimate of drug-likeness (QED) is 0.437. The van der Waals surface area contributed by atoms with Gasteiger partial charge in [-0.15, -0.1) is 0 Å². The molecule has 0 N–H and O–H groups in total. The summed E-state index contributed by atoms with van der Waals surface area (Å²) in [6.07, 6.45) is 1.38. The second kappa shape index (κ2) is 8.70. The summed E-state index contributed by atoms with van der Waals surface area (Å²) in [5.41, 5.74) is 1.03. The summed E-state index contributed by atoms with van der Waals surface area (Å²) in [7, 11) is -4.02. The maximum Gasteiger partial charge on any atom is 0.359 e. The van der Waals surface area contributed by atoms with Gasteiger partial charge in [-0.1, -0.05) is 30.3 Å². The fourth-order valence-corrected chi connectivity index (χ4v) is 6.84. The molecule has 0 aromatic heterocycles. The van der Waals surface area contributed by atoms with E-state index >= 15 is 0 Å². The number of carbonyl (C=O) groups is 2. The highest BCUT2D eigenvalue weighted by Crippen LogP contribution is 2.68. The Morgan fingerprint density at radius 3 is 2.22 bits per heavy atom. The lowest BCUT2D eigenvalue weighted by molar-refractivity contribution is -0.122. The summed E-state index contributed by atoms with van der Waals surface area (Å²) < 4.78 is 38.9. The molecule has 0 aliphatic carbocycles. The fraction of sp³-hybridized carbons (Fsp3) is 0.348. The molecule has 3 atom stereocenters. The third kappa shape index (κ3) is 3.52. The van der Waals surface area contributed by atoms with Crippen molar-refractivity contribution in [2.75, 3.05) is 18.1 Å². The van der Waals surface area contributed by atoms with Crippen LogP contribution in [0.1, 0.15) is 19.4 Å². The molecule has 9 heteroatoms. The molecule has 2 aromatic carbocycles. The normalized spacial score (nSPS) is 24.9. The lowest BCUT2D eigenvalue weighted by Crippen LogP contribution is -2.43. The first kappa shape index (κ1) is 22.5. The van der Waals surface area contributed by atoms with Crippen LogP contribution in [0.15, 0.2) is 59.6 Å². The van der Waals surface area contributed by atoms with Crippen LogP contribution in [-0.2, 0) is 29.6 Å². The number of anilines is 1. The molecular formula is C23H24FN2O5P. The Hall–Kier alpha value is -2.67. The van der Waals surface area contributed by atoms with Gasteiger partial charge in [-0.05, 0) is 43.7 Å². The van der Waals surface area contributed by atoms with Crippen molar-refractivity contribution >= 4 is 31.3 Å². The number of nitrogens with zero attached hydrogens (tertiary/aromatic N) is 2. The molecule has 7 nitrogen and oxygen atoms in total. The van der Waals surface area contributed by atoms with Crippen molar-refractivity contribution in [3.63, 3.8) is 0 Å². The molecule has 3 unspecified atom stereocenters. The van der Waals surface area contributed by atoms with Gasteiger partial charge >= 0.3 is 7.60 Å². The third-order valence-electron chi connectivity index (χ3n) is 5.77. The number of benzene rings is 2. The number of amides is 2. The lowest BCUT2D eigenvalue weighted by Gasteiger charge is -2.37. The van der Waals surface area contributed by atoms with E-state index in [1.807, 2.05) is 0 Å². The highest BCUT2D eigenvalue weighted by atomic mass is 31.2. The summed E-state index contributed by atoms with van der Waals surface area (Å²) in [5.74, 6) is -3.32. The predicted octanol–water partition coefficient (Wildman–Crippen LogP) is 4.22. The first-order valence-electron chi connectivity index (χ1n) is 10.5. The zero-order valence-corrected chi connectivity index (χ0v) is 18.7. The Labute approximate surface area is 185 Å². The maximum atomic E-state index is 14.1. The number of hydrogen-bond acceptors (Lipinski definition) is 6. The summed E-state index contributed by atoms with van der Waals surface area (Å²) in [4.78, 5) is 32.5. The van der Waals surface area contributed by atoms with Gasteiger partial charge in [0, 0.05) is 12.6 Å². The van der Waals surface area contributed by atoms with Gasteiger partial charge in [0.15, 0.2) is 5.28 Å². The van der Waals surface area contributed by atoms with Crippen LogP contribution in [0.4, 0.5) is 10.1 Å². The number of imide groups is 1. The first-order valence-corrected chi connectivity index (χ1v) is 12.0. The molecule has 168 valence electrons. The van der Waals surface area contributed by atoms with Crippen LogP contribution in [-0.4, -0.2) is 36.5 Å². The Balaban J connectivity index is 1.84. The molecule has 0 radical (unpaired) electrons. The van der Waals surface area contributed by atoms with Crippen molar-refractivity contribution in [3.05, 3.63) is 66.0 Å². The van der Waals surface area contributed by atoms with Crippen molar-refractivity contribution < 1.29 is 27.6 Å². The Bertz CT molecular complexity index is 1080. The van der Waals surface area contributed by atoms with Crippen LogP contribution in [0.3, 0.4) is 0 Å².